The molecular formula is C20H18ClFN2O4. The van der Waals surface area contributed by atoms with Gasteiger partial charge in [-0.3, -0.25) is 14.9 Å². The third-order valence-corrected chi connectivity index (χ3v) is 4.92. The minimum Gasteiger partial charge on any atom is -0.426 e. The molecule has 1 saturated heterocycles. The first-order valence-corrected chi connectivity index (χ1v) is 9.01. The smallest absolute Gasteiger partial charge is 0.322 e. The van der Waals surface area contributed by atoms with Crippen LogP contribution < -0.4 is 15.4 Å². The summed E-state index contributed by atoms with van der Waals surface area (Å²) < 4.78 is 19.0. The van der Waals surface area contributed by atoms with E-state index in [0.717, 1.165) is 5.56 Å². The Morgan fingerprint density at radius 3 is 2.50 bits per heavy atom. The van der Waals surface area contributed by atoms with Crippen LogP contribution in [-0.4, -0.2) is 23.4 Å². The van der Waals surface area contributed by atoms with E-state index in [1.807, 2.05) is 0 Å². The number of hydrogen-bond donors (Lipinski definition) is 2. The van der Waals surface area contributed by atoms with Crippen LogP contribution in [0.1, 0.15) is 24.5 Å². The topological polar surface area (TPSA) is 84.5 Å². The van der Waals surface area contributed by atoms with Crippen LogP contribution in [-0.2, 0) is 22.4 Å². The number of amides is 3. The number of hydrogen-bond acceptors (Lipinski definition) is 4. The maximum atomic E-state index is 13.8. The zero-order valence-corrected chi connectivity index (χ0v) is 15.8. The van der Waals surface area contributed by atoms with E-state index in [-0.39, 0.29) is 22.9 Å². The van der Waals surface area contributed by atoms with E-state index < -0.39 is 23.4 Å². The number of carbonyl (C=O) groups is 3. The second-order valence-corrected chi connectivity index (χ2v) is 7.14. The lowest BCUT2D eigenvalue weighted by Gasteiger charge is -2.20. The van der Waals surface area contributed by atoms with Crippen molar-refractivity contribution in [3.8, 4) is 5.75 Å². The minimum absolute atomic E-state index is 0.0934. The maximum Gasteiger partial charge on any atom is 0.322 e. The molecule has 3 rings (SSSR count). The van der Waals surface area contributed by atoms with Gasteiger partial charge >= 0.3 is 12.0 Å². The molecule has 146 valence electrons. The Kier molecular flexibility index (Phi) is 5.65. The van der Waals surface area contributed by atoms with E-state index >= 15 is 0 Å². The zero-order chi connectivity index (χ0) is 20.3. The number of aryl methyl sites for hydroxylation is 1. The molecule has 2 aromatic rings. The number of rotatable bonds is 6. The Morgan fingerprint density at radius 2 is 1.89 bits per heavy atom. The van der Waals surface area contributed by atoms with Crippen molar-refractivity contribution < 1.29 is 23.5 Å². The highest BCUT2D eigenvalue weighted by Gasteiger charge is 2.41. The molecule has 2 aromatic carbocycles. The minimum atomic E-state index is -0.943. The number of nitrogens with one attached hydrogen (secondary N) is 2. The van der Waals surface area contributed by atoms with E-state index in [0.29, 0.717) is 18.6 Å². The van der Waals surface area contributed by atoms with Gasteiger partial charge < -0.3 is 10.1 Å². The Bertz CT molecular complexity index is 912. The van der Waals surface area contributed by atoms with Gasteiger partial charge in [0.15, 0.2) is 0 Å². The van der Waals surface area contributed by atoms with Crippen molar-refractivity contribution in [1.82, 2.24) is 10.6 Å². The quantitative estimate of drug-likeness (QED) is 0.440. The van der Waals surface area contributed by atoms with Crippen molar-refractivity contribution in [3.63, 3.8) is 0 Å². The Labute approximate surface area is 166 Å². The molecule has 1 aliphatic heterocycles. The summed E-state index contributed by atoms with van der Waals surface area (Å²) in [4.78, 5) is 35.1. The third-order valence-electron chi connectivity index (χ3n) is 4.57. The summed E-state index contributed by atoms with van der Waals surface area (Å²) in [6, 6.07) is 10.5. The molecule has 0 saturated carbocycles. The first-order chi connectivity index (χ1) is 13.3. The number of esters is 1. The first kappa shape index (κ1) is 19.8. The van der Waals surface area contributed by atoms with Gasteiger partial charge in [0, 0.05) is 10.6 Å². The van der Waals surface area contributed by atoms with Crippen LogP contribution in [0.4, 0.5) is 9.18 Å². The highest BCUT2D eigenvalue weighted by atomic mass is 35.5. The highest BCUT2D eigenvalue weighted by Crippen LogP contribution is 2.22. The summed E-state index contributed by atoms with van der Waals surface area (Å²) in [7, 11) is 0. The fraction of sp³-hybridized carbons (Fsp3) is 0.250. The lowest BCUT2D eigenvalue weighted by molar-refractivity contribution is -0.133. The number of carbonyl (C=O) groups excluding carboxylic acids is 3. The van der Waals surface area contributed by atoms with E-state index in [1.54, 1.807) is 31.2 Å². The van der Waals surface area contributed by atoms with E-state index in [1.165, 1.54) is 18.2 Å². The number of urea groups is 1. The van der Waals surface area contributed by atoms with Crippen LogP contribution in [0.2, 0.25) is 5.02 Å². The maximum absolute atomic E-state index is 13.8. The van der Waals surface area contributed by atoms with Crippen LogP contribution in [0.25, 0.3) is 0 Å². The van der Waals surface area contributed by atoms with Gasteiger partial charge in [0.05, 0.1) is 6.42 Å². The van der Waals surface area contributed by atoms with Crippen molar-refractivity contribution in [1.29, 1.82) is 0 Å². The second kappa shape index (κ2) is 7.98. The van der Waals surface area contributed by atoms with Crippen LogP contribution in [0.5, 0.6) is 5.75 Å². The molecule has 1 atom stereocenters. The van der Waals surface area contributed by atoms with Gasteiger partial charge in [-0.2, -0.15) is 0 Å². The van der Waals surface area contributed by atoms with Gasteiger partial charge in [-0.15, -0.1) is 0 Å². The molecule has 1 aliphatic rings. The molecule has 1 heterocycles. The van der Waals surface area contributed by atoms with Gasteiger partial charge in [-0.25, -0.2) is 9.18 Å². The van der Waals surface area contributed by atoms with Gasteiger partial charge in [-0.1, -0.05) is 29.8 Å². The SMILES string of the molecule is C[C@@]1(CCc2ccc(OC(=O)Cc3c(F)cccc3Cl)cc2)NC(=O)NC1=O. The molecule has 28 heavy (non-hydrogen) atoms. The summed E-state index contributed by atoms with van der Waals surface area (Å²) in [6.45, 7) is 1.66. The molecule has 0 bridgehead atoms. The summed E-state index contributed by atoms with van der Waals surface area (Å²) >= 11 is 5.91. The number of benzene rings is 2. The van der Waals surface area contributed by atoms with Crippen LogP contribution in [0.15, 0.2) is 42.5 Å². The predicted octanol–water partition coefficient (Wildman–Crippen LogP) is 3.16. The highest BCUT2D eigenvalue weighted by molar-refractivity contribution is 6.31. The van der Waals surface area contributed by atoms with Crippen molar-refractivity contribution >= 4 is 29.5 Å². The molecule has 0 spiro atoms. The molecule has 3 amide bonds. The van der Waals surface area contributed by atoms with Crippen LogP contribution >= 0.6 is 11.6 Å². The molecule has 0 unspecified atom stereocenters. The molecule has 2 N–H and O–H groups in total. The van der Waals surface area contributed by atoms with Crippen LogP contribution in [0.3, 0.4) is 0 Å². The average Bonchev–Trinajstić information content (AvgIpc) is 2.90. The normalized spacial score (nSPS) is 18.5. The zero-order valence-electron chi connectivity index (χ0n) is 15.1. The lowest BCUT2D eigenvalue weighted by atomic mass is 9.93. The largest absolute Gasteiger partial charge is 0.426 e. The number of halogens is 2. The van der Waals surface area contributed by atoms with Crippen molar-refractivity contribution in [2.45, 2.75) is 31.7 Å². The van der Waals surface area contributed by atoms with Crippen molar-refractivity contribution in [2.75, 3.05) is 0 Å². The molecule has 8 heteroatoms. The molecule has 0 aromatic heterocycles. The monoisotopic (exact) mass is 404 g/mol. The fourth-order valence-corrected chi connectivity index (χ4v) is 3.12. The molecular weight excluding hydrogens is 387 g/mol. The molecule has 0 aliphatic carbocycles. The average molecular weight is 405 g/mol. The van der Waals surface area contributed by atoms with E-state index in [2.05, 4.69) is 10.6 Å². The fourth-order valence-electron chi connectivity index (χ4n) is 2.89. The Balaban J connectivity index is 1.56. The predicted molar refractivity (Wildman–Crippen MR) is 101 cm³/mol. The van der Waals surface area contributed by atoms with Gasteiger partial charge in [-0.05, 0) is 49.6 Å². The summed E-state index contributed by atoms with van der Waals surface area (Å²) in [6.07, 6.45) is 0.694. The lowest BCUT2D eigenvalue weighted by Crippen LogP contribution is -2.43. The standard InChI is InChI=1S/C20H18ClFN2O4/c1-20(18(26)23-19(27)24-20)10-9-12-5-7-13(8-6-12)28-17(25)11-14-15(21)3-2-4-16(14)22/h2-8H,9-11H2,1H3,(H2,23,24,26,27)/t20-/m0/s1. The molecule has 0 radical (unpaired) electrons. The van der Waals surface area contributed by atoms with Crippen LogP contribution in [0, 0.1) is 5.82 Å². The van der Waals surface area contributed by atoms with E-state index in [9.17, 15) is 18.8 Å². The first-order valence-electron chi connectivity index (χ1n) is 8.63. The van der Waals surface area contributed by atoms with Gasteiger partial charge in [0.2, 0.25) is 0 Å². The molecule has 1 fully saturated rings. The Hall–Kier alpha value is -2.93. The summed E-state index contributed by atoms with van der Waals surface area (Å²) in [5.74, 6) is -1.22. The summed E-state index contributed by atoms with van der Waals surface area (Å²) in [5.41, 5.74) is 0.0596. The Morgan fingerprint density at radius 1 is 1.18 bits per heavy atom. The number of ether oxygens (including phenoxy) is 1. The third kappa shape index (κ3) is 4.48. The second-order valence-electron chi connectivity index (χ2n) is 6.74. The van der Waals surface area contributed by atoms with Gasteiger partial charge in [0.1, 0.15) is 17.1 Å². The van der Waals surface area contributed by atoms with Crippen molar-refractivity contribution in [3.05, 3.63) is 64.4 Å². The van der Waals surface area contributed by atoms with Crippen molar-refractivity contribution in [2.24, 2.45) is 0 Å². The van der Waals surface area contributed by atoms with E-state index in [4.69, 9.17) is 16.3 Å². The van der Waals surface area contributed by atoms with Gasteiger partial charge in [0.25, 0.3) is 5.91 Å². The molecule has 6 nitrogen and oxygen atoms in total. The summed E-state index contributed by atoms with van der Waals surface area (Å²) in [5, 5.41) is 5.00. The number of imide groups is 1.